The van der Waals surface area contributed by atoms with Crippen molar-refractivity contribution in [2.24, 2.45) is 0 Å². The molecule has 1 heterocycles. The molecule has 3 nitrogen and oxygen atoms in total. The van der Waals surface area contributed by atoms with Gasteiger partial charge in [0.25, 0.3) is 5.91 Å². The van der Waals surface area contributed by atoms with Gasteiger partial charge in [0.1, 0.15) is 5.58 Å². The summed E-state index contributed by atoms with van der Waals surface area (Å²) in [5.41, 5.74) is 2.68. The molecule has 1 amide bonds. The van der Waals surface area contributed by atoms with Crippen LogP contribution in [0.5, 0.6) is 0 Å². The number of benzene rings is 3. The van der Waals surface area contributed by atoms with Crippen LogP contribution >= 0.6 is 11.8 Å². The van der Waals surface area contributed by atoms with Gasteiger partial charge in [0.15, 0.2) is 5.76 Å². The minimum atomic E-state index is -0.243. The molecule has 0 aliphatic carbocycles. The Bertz CT molecular complexity index is 990. The molecule has 1 aromatic heterocycles. The molecule has 26 heavy (non-hydrogen) atoms. The fourth-order valence-corrected chi connectivity index (χ4v) is 3.53. The van der Waals surface area contributed by atoms with Gasteiger partial charge in [-0.2, -0.15) is 0 Å². The number of thioether (sulfide) groups is 1. The smallest absolute Gasteiger partial charge is 0.291 e. The summed E-state index contributed by atoms with van der Waals surface area (Å²) in [5.74, 6) is 0.962. The number of fused-ring (bicyclic) bond motifs is 1. The number of carbonyl (C=O) groups excluding carboxylic acids is 1. The van der Waals surface area contributed by atoms with E-state index in [0.717, 1.165) is 16.8 Å². The molecule has 0 saturated heterocycles. The number of anilines is 1. The quantitative estimate of drug-likeness (QED) is 0.446. The minimum absolute atomic E-state index is 0.243. The lowest BCUT2D eigenvalue weighted by Crippen LogP contribution is -2.10. The number of hydrogen-bond acceptors (Lipinski definition) is 3. The van der Waals surface area contributed by atoms with Crippen LogP contribution in [0.15, 0.2) is 94.2 Å². The second-order valence-corrected chi connectivity index (χ2v) is 6.95. The van der Waals surface area contributed by atoms with Crippen molar-refractivity contribution < 1.29 is 9.21 Å². The summed E-state index contributed by atoms with van der Waals surface area (Å²) in [5, 5.41) is 3.80. The van der Waals surface area contributed by atoms with Crippen LogP contribution in [0.3, 0.4) is 0 Å². The van der Waals surface area contributed by atoms with Crippen molar-refractivity contribution in [2.45, 2.75) is 10.6 Å². The Morgan fingerprint density at radius 3 is 2.38 bits per heavy atom. The number of amides is 1. The predicted octanol–water partition coefficient (Wildman–Crippen LogP) is 5.98. The molecule has 128 valence electrons. The summed E-state index contributed by atoms with van der Waals surface area (Å²) in [4.78, 5) is 13.6. The van der Waals surface area contributed by atoms with E-state index in [2.05, 4.69) is 17.4 Å². The van der Waals surface area contributed by atoms with Crippen LogP contribution in [0.25, 0.3) is 11.0 Å². The third-order valence-electron chi connectivity index (χ3n) is 4.01. The third-order valence-corrected chi connectivity index (χ3v) is 5.09. The Labute approximate surface area is 156 Å². The van der Waals surface area contributed by atoms with Gasteiger partial charge in [-0.15, -0.1) is 11.8 Å². The van der Waals surface area contributed by atoms with Crippen molar-refractivity contribution in [3.05, 3.63) is 96.3 Å². The van der Waals surface area contributed by atoms with Crippen LogP contribution in [0.2, 0.25) is 0 Å². The Kier molecular flexibility index (Phi) is 4.75. The first-order valence-corrected chi connectivity index (χ1v) is 9.33. The molecule has 0 bridgehead atoms. The summed E-state index contributed by atoms with van der Waals surface area (Å²) in [6, 6.07) is 27.6. The van der Waals surface area contributed by atoms with Crippen molar-refractivity contribution in [3.8, 4) is 0 Å². The van der Waals surface area contributed by atoms with Gasteiger partial charge in [0.2, 0.25) is 0 Å². The first-order chi connectivity index (χ1) is 12.8. The monoisotopic (exact) mass is 359 g/mol. The number of hydrogen-bond donors (Lipinski definition) is 1. The van der Waals surface area contributed by atoms with E-state index in [4.69, 9.17) is 4.42 Å². The Morgan fingerprint density at radius 1 is 0.885 bits per heavy atom. The summed E-state index contributed by atoms with van der Waals surface area (Å²) < 4.78 is 5.60. The van der Waals surface area contributed by atoms with Crippen LogP contribution in [0, 0.1) is 0 Å². The van der Waals surface area contributed by atoms with E-state index >= 15 is 0 Å². The Hall–Kier alpha value is -2.98. The van der Waals surface area contributed by atoms with E-state index in [1.165, 1.54) is 10.5 Å². The zero-order chi connectivity index (χ0) is 17.8. The average molecular weight is 359 g/mol. The van der Waals surface area contributed by atoms with Crippen molar-refractivity contribution in [3.63, 3.8) is 0 Å². The van der Waals surface area contributed by atoms with Crippen molar-refractivity contribution in [1.82, 2.24) is 0 Å². The first kappa shape index (κ1) is 16.5. The second kappa shape index (κ2) is 7.50. The average Bonchev–Trinajstić information content (AvgIpc) is 3.13. The second-order valence-electron chi connectivity index (χ2n) is 5.90. The highest BCUT2D eigenvalue weighted by atomic mass is 32.2. The molecule has 0 aliphatic rings. The molecule has 1 N–H and O–H groups in total. The fraction of sp³-hybridized carbons (Fsp3) is 0.0455. The molecule has 0 unspecified atom stereocenters. The van der Waals surface area contributed by atoms with Crippen LogP contribution < -0.4 is 5.32 Å². The highest BCUT2D eigenvalue weighted by Crippen LogP contribution is 2.24. The molecular weight excluding hydrogens is 342 g/mol. The third kappa shape index (κ3) is 3.81. The molecule has 3 aromatic carbocycles. The maximum Gasteiger partial charge on any atom is 0.291 e. The maximum atomic E-state index is 12.4. The van der Waals surface area contributed by atoms with Crippen LogP contribution in [0.4, 0.5) is 5.69 Å². The van der Waals surface area contributed by atoms with Crippen LogP contribution in [-0.2, 0) is 5.75 Å². The van der Waals surface area contributed by atoms with E-state index in [1.54, 1.807) is 17.8 Å². The van der Waals surface area contributed by atoms with E-state index in [1.807, 2.05) is 66.7 Å². The van der Waals surface area contributed by atoms with E-state index < -0.39 is 0 Å². The summed E-state index contributed by atoms with van der Waals surface area (Å²) in [6.07, 6.45) is 0. The fourth-order valence-electron chi connectivity index (χ4n) is 2.65. The molecule has 0 spiro atoms. The van der Waals surface area contributed by atoms with Gasteiger partial charge < -0.3 is 9.73 Å². The Balaban J connectivity index is 1.39. The zero-order valence-electron chi connectivity index (χ0n) is 14.0. The van der Waals surface area contributed by atoms with Crippen molar-refractivity contribution >= 4 is 34.3 Å². The SMILES string of the molecule is O=C(Nc1ccc(CSc2ccccc2)cc1)c1cc2ccccc2o1. The van der Waals surface area contributed by atoms with Crippen molar-refractivity contribution in [1.29, 1.82) is 0 Å². The predicted molar refractivity (Wildman–Crippen MR) is 107 cm³/mol. The lowest BCUT2D eigenvalue weighted by molar-refractivity contribution is 0.0998. The summed E-state index contributed by atoms with van der Waals surface area (Å²) >= 11 is 1.79. The number of para-hydroxylation sites is 1. The van der Waals surface area contributed by atoms with Crippen LogP contribution in [0.1, 0.15) is 16.1 Å². The van der Waals surface area contributed by atoms with Gasteiger partial charge >= 0.3 is 0 Å². The van der Waals surface area contributed by atoms with Crippen LogP contribution in [-0.4, -0.2) is 5.91 Å². The molecule has 0 aliphatic heterocycles. The summed E-state index contributed by atoms with van der Waals surface area (Å²) in [6.45, 7) is 0. The van der Waals surface area contributed by atoms with Gasteiger partial charge in [0, 0.05) is 21.7 Å². The standard InChI is InChI=1S/C22H17NO2S/c24-22(21-14-17-6-4-5-9-20(17)25-21)23-18-12-10-16(11-13-18)15-26-19-7-2-1-3-8-19/h1-14H,15H2,(H,23,24). The summed E-state index contributed by atoms with van der Waals surface area (Å²) in [7, 11) is 0. The Morgan fingerprint density at radius 2 is 1.62 bits per heavy atom. The van der Waals surface area contributed by atoms with E-state index in [0.29, 0.717) is 11.3 Å². The topological polar surface area (TPSA) is 42.2 Å². The van der Waals surface area contributed by atoms with Gasteiger partial charge in [-0.25, -0.2) is 0 Å². The maximum absolute atomic E-state index is 12.4. The normalized spacial score (nSPS) is 10.8. The molecule has 4 heteroatoms. The lowest BCUT2D eigenvalue weighted by Gasteiger charge is -2.05. The highest BCUT2D eigenvalue weighted by molar-refractivity contribution is 7.98. The number of rotatable bonds is 5. The molecule has 0 saturated carbocycles. The highest BCUT2D eigenvalue weighted by Gasteiger charge is 2.12. The number of carbonyl (C=O) groups is 1. The molecule has 4 aromatic rings. The number of nitrogens with one attached hydrogen (secondary N) is 1. The van der Waals surface area contributed by atoms with E-state index in [9.17, 15) is 4.79 Å². The molecule has 0 radical (unpaired) electrons. The van der Waals surface area contributed by atoms with Gasteiger partial charge in [0.05, 0.1) is 0 Å². The zero-order valence-corrected chi connectivity index (χ0v) is 14.8. The largest absolute Gasteiger partial charge is 0.451 e. The molecule has 0 atom stereocenters. The van der Waals surface area contributed by atoms with Gasteiger partial charge in [-0.3, -0.25) is 4.79 Å². The van der Waals surface area contributed by atoms with Crippen molar-refractivity contribution in [2.75, 3.05) is 5.32 Å². The number of furan rings is 1. The first-order valence-electron chi connectivity index (χ1n) is 8.35. The molecular formula is C22H17NO2S. The molecule has 4 rings (SSSR count). The van der Waals surface area contributed by atoms with Gasteiger partial charge in [-0.1, -0.05) is 48.5 Å². The van der Waals surface area contributed by atoms with Gasteiger partial charge in [-0.05, 0) is 42.0 Å². The lowest BCUT2D eigenvalue weighted by atomic mass is 10.2. The minimum Gasteiger partial charge on any atom is -0.451 e. The molecule has 0 fully saturated rings. The van der Waals surface area contributed by atoms with E-state index in [-0.39, 0.29) is 5.91 Å².